The quantitative estimate of drug-likeness (QED) is 0.283. The van der Waals surface area contributed by atoms with Gasteiger partial charge in [-0.1, -0.05) is 12.1 Å². The molecule has 0 spiro atoms. The summed E-state index contributed by atoms with van der Waals surface area (Å²) in [4.78, 5) is 38.3. The largest absolute Gasteiger partial charge is 0.497 e. The van der Waals surface area contributed by atoms with E-state index in [4.69, 9.17) is 9.47 Å². The molecule has 0 radical (unpaired) electrons. The van der Waals surface area contributed by atoms with Gasteiger partial charge < -0.3 is 24.2 Å². The average molecular weight is 653 g/mol. The molecule has 6 rings (SSSR count). The summed E-state index contributed by atoms with van der Waals surface area (Å²) < 4.78 is 41.4. The summed E-state index contributed by atoms with van der Waals surface area (Å²) in [5.74, 6) is 1.30. The van der Waals surface area contributed by atoms with Gasteiger partial charge in [-0.05, 0) is 43.3 Å². The summed E-state index contributed by atoms with van der Waals surface area (Å²) in [5.41, 5.74) is 1.44. The van der Waals surface area contributed by atoms with E-state index in [0.29, 0.717) is 49.0 Å². The fourth-order valence-electron chi connectivity index (χ4n) is 5.98. The van der Waals surface area contributed by atoms with Crippen molar-refractivity contribution in [1.29, 1.82) is 0 Å². The van der Waals surface area contributed by atoms with Crippen LogP contribution in [0.1, 0.15) is 4.88 Å². The van der Waals surface area contributed by atoms with Crippen molar-refractivity contribution < 1.29 is 22.7 Å². The normalized spacial score (nSPS) is 16.3. The zero-order valence-corrected chi connectivity index (χ0v) is 27.1. The number of carbonyl (C=O) groups excluding carboxylic acids is 1. The number of thiophene rings is 1. The van der Waals surface area contributed by atoms with Gasteiger partial charge >= 0.3 is 0 Å². The highest BCUT2D eigenvalue weighted by molar-refractivity contribution is 7.89. The summed E-state index contributed by atoms with van der Waals surface area (Å²) >= 11 is 1.18. The van der Waals surface area contributed by atoms with Crippen LogP contribution in [0.15, 0.2) is 64.5 Å². The molecule has 45 heavy (non-hydrogen) atoms. The monoisotopic (exact) mass is 652 g/mol. The van der Waals surface area contributed by atoms with Crippen LogP contribution in [0.25, 0.3) is 10.2 Å². The van der Waals surface area contributed by atoms with Crippen molar-refractivity contribution in [1.82, 2.24) is 18.8 Å². The van der Waals surface area contributed by atoms with Gasteiger partial charge in [0.25, 0.3) is 5.56 Å². The topological polar surface area (TPSA) is 118 Å². The predicted octanol–water partition coefficient (Wildman–Crippen LogP) is 2.64. The van der Waals surface area contributed by atoms with Crippen LogP contribution in [0.5, 0.6) is 11.5 Å². The third-order valence-corrected chi connectivity index (χ3v) is 11.7. The van der Waals surface area contributed by atoms with Gasteiger partial charge in [0.05, 0.1) is 31.6 Å². The number of hydrogen-bond donors (Lipinski definition) is 0. The van der Waals surface area contributed by atoms with Crippen LogP contribution >= 0.6 is 11.3 Å². The summed E-state index contributed by atoms with van der Waals surface area (Å²) in [6.45, 7) is 5.27. The Bertz CT molecular complexity index is 1860. The fourth-order valence-corrected chi connectivity index (χ4v) is 9.07. The summed E-state index contributed by atoms with van der Waals surface area (Å²) in [6, 6.07) is 15.5. The van der Waals surface area contributed by atoms with E-state index >= 15 is 0 Å². The molecule has 0 bridgehead atoms. The molecule has 2 aromatic carbocycles. The first kappa shape index (κ1) is 30.9. The minimum absolute atomic E-state index is 0.0133. The van der Waals surface area contributed by atoms with Gasteiger partial charge in [0.2, 0.25) is 15.9 Å². The van der Waals surface area contributed by atoms with Gasteiger partial charge in [-0.15, -0.1) is 11.3 Å². The van der Waals surface area contributed by atoms with Gasteiger partial charge in [0.15, 0.2) is 0 Å². The molecule has 0 aliphatic carbocycles. The van der Waals surface area contributed by atoms with E-state index in [9.17, 15) is 18.0 Å². The molecule has 2 fully saturated rings. The highest BCUT2D eigenvalue weighted by atomic mass is 32.2. The standard InChI is InChI=1S/C31H36N6O6S2/c1-22-29(45(40,41)37-18-16-34(17-19-37)25-6-4-5-7-26(25)43-3)28-30(44-22)32-21-36(31(28)39)20-27(38)35-14-12-33(13-15-35)23-8-10-24(42-2)11-9-23/h4-11,21H,12-20H2,1-3H3. The molecule has 0 saturated carbocycles. The van der Waals surface area contributed by atoms with Crippen molar-refractivity contribution in [3.8, 4) is 11.5 Å². The first-order valence-electron chi connectivity index (χ1n) is 14.7. The molecule has 2 aliphatic heterocycles. The van der Waals surface area contributed by atoms with Crippen molar-refractivity contribution in [3.63, 3.8) is 0 Å². The number of nitrogens with zero attached hydrogens (tertiary/aromatic N) is 6. The molecule has 2 saturated heterocycles. The lowest BCUT2D eigenvalue weighted by atomic mass is 10.2. The number of para-hydroxylation sites is 2. The summed E-state index contributed by atoms with van der Waals surface area (Å²) in [5, 5.41) is 0.0456. The van der Waals surface area contributed by atoms with E-state index in [1.807, 2.05) is 48.5 Å². The molecule has 4 aromatic rings. The van der Waals surface area contributed by atoms with Gasteiger partial charge in [0.1, 0.15) is 27.8 Å². The second-order valence-corrected chi connectivity index (χ2v) is 14.1. The zero-order chi connectivity index (χ0) is 31.7. The maximum atomic E-state index is 14.0. The van der Waals surface area contributed by atoms with Crippen LogP contribution in [-0.2, 0) is 21.4 Å². The highest BCUT2D eigenvalue weighted by Crippen LogP contribution is 2.34. The van der Waals surface area contributed by atoms with E-state index in [0.717, 1.165) is 22.9 Å². The number of hydrogen-bond acceptors (Lipinski definition) is 10. The summed E-state index contributed by atoms with van der Waals surface area (Å²) in [6.07, 6.45) is 1.34. The number of aryl methyl sites for hydroxylation is 1. The lowest BCUT2D eigenvalue weighted by molar-refractivity contribution is -0.132. The molecule has 2 aliphatic rings. The number of fused-ring (bicyclic) bond motifs is 1. The van der Waals surface area contributed by atoms with E-state index in [-0.39, 0.29) is 35.8 Å². The van der Waals surface area contributed by atoms with Crippen molar-refractivity contribution in [2.45, 2.75) is 18.4 Å². The van der Waals surface area contributed by atoms with E-state index in [1.54, 1.807) is 26.0 Å². The third-order valence-electron chi connectivity index (χ3n) is 8.44. The maximum Gasteiger partial charge on any atom is 0.263 e. The molecular weight excluding hydrogens is 617 g/mol. The molecule has 14 heteroatoms. The number of rotatable bonds is 8. The molecule has 2 aromatic heterocycles. The Labute approximate surface area is 266 Å². The molecule has 0 atom stereocenters. The van der Waals surface area contributed by atoms with Crippen LogP contribution in [0.2, 0.25) is 0 Å². The second-order valence-electron chi connectivity index (χ2n) is 11.0. The number of sulfonamides is 1. The number of piperazine rings is 2. The first-order valence-corrected chi connectivity index (χ1v) is 17.0. The first-order chi connectivity index (χ1) is 21.7. The molecule has 4 heterocycles. The van der Waals surface area contributed by atoms with Crippen molar-refractivity contribution in [3.05, 3.63) is 70.1 Å². The molecule has 0 unspecified atom stereocenters. The Kier molecular flexibility index (Phi) is 8.71. The van der Waals surface area contributed by atoms with Gasteiger partial charge in [-0.3, -0.25) is 14.2 Å². The van der Waals surface area contributed by atoms with Gasteiger partial charge in [-0.2, -0.15) is 4.31 Å². The number of benzene rings is 2. The van der Waals surface area contributed by atoms with Crippen molar-refractivity contribution in [2.24, 2.45) is 0 Å². The highest BCUT2D eigenvalue weighted by Gasteiger charge is 2.34. The number of carbonyl (C=O) groups is 1. The van der Waals surface area contributed by atoms with Crippen LogP contribution < -0.4 is 24.8 Å². The Hall–Kier alpha value is -4.14. The number of aromatic nitrogens is 2. The van der Waals surface area contributed by atoms with Crippen molar-refractivity contribution >= 4 is 48.9 Å². The van der Waals surface area contributed by atoms with Crippen LogP contribution in [0, 0.1) is 6.92 Å². The summed E-state index contributed by atoms with van der Waals surface area (Å²) in [7, 11) is -0.757. The van der Waals surface area contributed by atoms with E-state index < -0.39 is 15.6 Å². The van der Waals surface area contributed by atoms with Gasteiger partial charge in [-0.25, -0.2) is 13.4 Å². The lowest BCUT2D eigenvalue weighted by Crippen LogP contribution is -2.50. The second kappa shape index (κ2) is 12.7. The Morgan fingerprint density at radius 3 is 2.22 bits per heavy atom. The minimum Gasteiger partial charge on any atom is -0.497 e. The minimum atomic E-state index is -4.00. The smallest absolute Gasteiger partial charge is 0.263 e. The fraction of sp³-hybridized carbons (Fsp3) is 0.387. The maximum absolute atomic E-state index is 14.0. The number of ether oxygens (including phenoxy) is 2. The van der Waals surface area contributed by atoms with Gasteiger partial charge in [0, 0.05) is 62.9 Å². The molecule has 12 nitrogen and oxygen atoms in total. The molecular formula is C31H36N6O6S2. The van der Waals surface area contributed by atoms with Crippen LogP contribution in [0.4, 0.5) is 11.4 Å². The Balaban J connectivity index is 1.17. The number of amides is 1. The lowest BCUT2D eigenvalue weighted by Gasteiger charge is -2.36. The van der Waals surface area contributed by atoms with Crippen molar-refractivity contribution in [2.75, 3.05) is 76.4 Å². The Morgan fingerprint density at radius 2 is 1.56 bits per heavy atom. The molecule has 0 N–H and O–H groups in total. The van der Waals surface area contributed by atoms with E-state index in [1.165, 1.54) is 26.5 Å². The molecule has 1 amide bonds. The van der Waals surface area contributed by atoms with Crippen LogP contribution in [-0.4, -0.2) is 99.7 Å². The SMILES string of the molecule is COc1ccc(N2CCN(C(=O)Cn3cnc4sc(C)c(S(=O)(=O)N5CCN(c6ccccc6OC)CC5)c4c3=O)CC2)cc1. The number of anilines is 2. The van der Waals surface area contributed by atoms with E-state index in [2.05, 4.69) is 14.8 Å². The zero-order valence-electron chi connectivity index (χ0n) is 25.5. The van der Waals surface area contributed by atoms with Crippen LogP contribution in [0.3, 0.4) is 0 Å². The molecule has 238 valence electrons. The Morgan fingerprint density at radius 1 is 0.889 bits per heavy atom. The average Bonchev–Trinajstić information content (AvgIpc) is 3.43. The number of methoxy groups -OCH3 is 2. The third kappa shape index (κ3) is 5.97. The predicted molar refractivity (Wildman–Crippen MR) is 174 cm³/mol.